The van der Waals surface area contributed by atoms with Gasteiger partial charge in [-0.15, -0.1) is 0 Å². The molecule has 11 nitrogen and oxygen atoms in total. The van der Waals surface area contributed by atoms with Crippen molar-refractivity contribution in [3.63, 3.8) is 0 Å². The van der Waals surface area contributed by atoms with Crippen LogP contribution in [-0.4, -0.2) is 59.5 Å². The molecule has 4 aromatic rings. The van der Waals surface area contributed by atoms with Gasteiger partial charge in [0.15, 0.2) is 18.4 Å². The van der Waals surface area contributed by atoms with E-state index in [0.29, 0.717) is 5.56 Å². The van der Waals surface area contributed by atoms with Gasteiger partial charge in [-0.05, 0) is 36.4 Å². The maximum Gasteiger partial charge on any atom is 0.353 e. The minimum absolute atomic E-state index is 0.0625. The lowest BCUT2D eigenvalue weighted by Crippen LogP contribution is -2.42. The predicted molar refractivity (Wildman–Crippen MR) is 147 cm³/mol. The van der Waals surface area contributed by atoms with Gasteiger partial charge in [0.05, 0.1) is 23.8 Å². The maximum absolute atomic E-state index is 13.2. The third-order valence-corrected chi connectivity index (χ3v) is 6.47. The molecule has 2 heterocycles. The molecule has 1 saturated heterocycles. The van der Waals surface area contributed by atoms with Gasteiger partial charge >= 0.3 is 23.6 Å². The standard InChI is InChI=1S/C31H26N2O9/c1-38-24-17-18-33(31(37)32-24)27-26(42-30(36)22-15-9-4-10-16-22)25(41-29(35)21-13-7-3-8-14-21)23(40-27)19-39-28(34)20-11-5-2-6-12-20/h2-18,23,25-27H,19H2,1H3/t23-,25+,26+,27-/m0/s1. The number of hydrogen-bond acceptors (Lipinski definition) is 10. The molecule has 0 unspecified atom stereocenters. The van der Waals surface area contributed by atoms with Crippen LogP contribution in [0, 0.1) is 0 Å². The van der Waals surface area contributed by atoms with Crippen molar-refractivity contribution in [3.05, 3.63) is 130 Å². The van der Waals surface area contributed by atoms with Crippen LogP contribution in [0.1, 0.15) is 37.3 Å². The van der Waals surface area contributed by atoms with Crippen LogP contribution in [-0.2, 0) is 18.9 Å². The highest BCUT2D eigenvalue weighted by atomic mass is 16.7. The molecule has 0 saturated carbocycles. The van der Waals surface area contributed by atoms with Crippen LogP contribution >= 0.6 is 0 Å². The Hall–Kier alpha value is -5.29. The molecule has 0 bridgehead atoms. The molecule has 1 fully saturated rings. The van der Waals surface area contributed by atoms with Crippen molar-refractivity contribution < 1.29 is 38.1 Å². The zero-order valence-corrected chi connectivity index (χ0v) is 22.4. The second kappa shape index (κ2) is 12.9. The summed E-state index contributed by atoms with van der Waals surface area (Å²) in [5.41, 5.74) is -0.0105. The Morgan fingerprint density at radius 2 is 1.24 bits per heavy atom. The monoisotopic (exact) mass is 570 g/mol. The smallest absolute Gasteiger partial charge is 0.353 e. The zero-order chi connectivity index (χ0) is 29.5. The van der Waals surface area contributed by atoms with Gasteiger partial charge < -0.3 is 23.7 Å². The first-order chi connectivity index (χ1) is 20.4. The molecule has 1 aliphatic heterocycles. The fourth-order valence-electron chi connectivity index (χ4n) is 4.39. The third kappa shape index (κ3) is 6.37. The van der Waals surface area contributed by atoms with Crippen LogP contribution in [0.25, 0.3) is 0 Å². The largest absolute Gasteiger partial charge is 0.481 e. The number of methoxy groups -OCH3 is 1. The van der Waals surface area contributed by atoms with Crippen LogP contribution in [0.4, 0.5) is 0 Å². The number of carbonyl (C=O) groups is 3. The molecule has 1 aliphatic rings. The van der Waals surface area contributed by atoms with E-state index < -0.39 is 48.1 Å². The van der Waals surface area contributed by atoms with E-state index in [1.54, 1.807) is 91.0 Å². The summed E-state index contributed by atoms with van der Waals surface area (Å²) in [6.07, 6.45) is -3.68. The molecule has 42 heavy (non-hydrogen) atoms. The summed E-state index contributed by atoms with van der Waals surface area (Å²) in [7, 11) is 1.36. The second-order valence-corrected chi connectivity index (χ2v) is 9.16. The number of esters is 3. The van der Waals surface area contributed by atoms with Gasteiger partial charge in [0, 0.05) is 12.3 Å². The average molecular weight is 571 g/mol. The first-order valence-electron chi connectivity index (χ1n) is 13.0. The molecule has 1 aromatic heterocycles. The van der Waals surface area contributed by atoms with Crippen LogP contribution in [0.5, 0.6) is 5.88 Å². The Kier molecular flexibility index (Phi) is 8.69. The highest BCUT2D eigenvalue weighted by Gasteiger charge is 2.51. The maximum atomic E-state index is 13.2. The number of aromatic nitrogens is 2. The first kappa shape index (κ1) is 28.2. The summed E-state index contributed by atoms with van der Waals surface area (Å²) >= 11 is 0. The van der Waals surface area contributed by atoms with Gasteiger partial charge in [-0.25, -0.2) is 19.2 Å². The lowest BCUT2D eigenvalue weighted by molar-refractivity contribution is -0.0640. The van der Waals surface area contributed by atoms with Crippen LogP contribution in [0.2, 0.25) is 0 Å². The molecule has 0 radical (unpaired) electrons. The van der Waals surface area contributed by atoms with E-state index in [1.807, 2.05) is 0 Å². The Morgan fingerprint density at radius 3 is 1.74 bits per heavy atom. The molecular weight excluding hydrogens is 544 g/mol. The van der Waals surface area contributed by atoms with Crippen molar-refractivity contribution in [2.45, 2.75) is 24.5 Å². The van der Waals surface area contributed by atoms with Crippen LogP contribution in [0.15, 0.2) is 108 Å². The van der Waals surface area contributed by atoms with Crippen LogP contribution in [0.3, 0.4) is 0 Å². The third-order valence-electron chi connectivity index (χ3n) is 6.47. The number of ether oxygens (including phenoxy) is 5. The van der Waals surface area contributed by atoms with E-state index in [4.69, 9.17) is 23.7 Å². The molecule has 5 rings (SSSR count). The molecule has 4 atom stereocenters. The van der Waals surface area contributed by atoms with E-state index in [0.717, 1.165) is 4.57 Å². The summed E-state index contributed by atoms with van der Waals surface area (Å²) < 4.78 is 29.5. The van der Waals surface area contributed by atoms with Gasteiger partial charge in [-0.3, -0.25) is 4.57 Å². The Balaban J connectivity index is 1.50. The van der Waals surface area contributed by atoms with Gasteiger partial charge in [-0.2, -0.15) is 4.98 Å². The van der Waals surface area contributed by atoms with Crippen molar-refractivity contribution in [2.75, 3.05) is 13.7 Å². The number of nitrogens with zero attached hydrogens (tertiary/aromatic N) is 2. The molecule has 0 amide bonds. The zero-order valence-electron chi connectivity index (χ0n) is 22.4. The summed E-state index contributed by atoms with van der Waals surface area (Å²) in [4.78, 5) is 55.9. The van der Waals surface area contributed by atoms with E-state index in [9.17, 15) is 19.2 Å². The molecule has 0 aliphatic carbocycles. The lowest BCUT2D eigenvalue weighted by atomic mass is 10.1. The fourth-order valence-corrected chi connectivity index (χ4v) is 4.39. The first-order valence-corrected chi connectivity index (χ1v) is 13.0. The molecular formula is C31H26N2O9. The quantitative estimate of drug-likeness (QED) is 0.218. The SMILES string of the molecule is COc1ccn([C@H]2O[C@@H](COC(=O)c3ccccc3)[C@@H](OC(=O)c3ccccc3)[C@H]2OC(=O)c2ccccc2)c(=O)n1. The molecule has 11 heteroatoms. The Labute approximate surface area is 240 Å². The highest BCUT2D eigenvalue weighted by Crippen LogP contribution is 2.35. The predicted octanol–water partition coefficient (Wildman–Crippen LogP) is 3.46. The highest BCUT2D eigenvalue weighted by molar-refractivity contribution is 5.91. The second-order valence-electron chi connectivity index (χ2n) is 9.16. The van der Waals surface area contributed by atoms with Crippen molar-refractivity contribution in [1.29, 1.82) is 0 Å². The Morgan fingerprint density at radius 1 is 0.738 bits per heavy atom. The molecule has 214 valence electrons. The fraction of sp³-hybridized carbons (Fsp3) is 0.194. The Bertz CT molecular complexity index is 1590. The van der Waals surface area contributed by atoms with Crippen molar-refractivity contribution >= 4 is 17.9 Å². The van der Waals surface area contributed by atoms with Crippen LogP contribution < -0.4 is 10.4 Å². The van der Waals surface area contributed by atoms with E-state index >= 15 is 0 Å². The molecule has 0 N–H and O–H groups in total. The topological polar surface area (TPSA) is 132 Å². The van der Waals surface area contributed by atoms with Crippen molar-refractivity contribution in [3.8, 4) is 5.88 Å². The summed E-state index contributed by atoms with van der Waals surface area (Å²) in [5.74, 6) is -2.05. The number of carbonyl (C=O) groups excluding carboxylic acids is 3. The minimum atomic E-state index is -1.33. The lowest BCUT2D eigenvalue weighted by Gasteiger charge is -2.25. The van der Waals surface area contributed by atoms with Gasteiger partial charge in [-0.1, -0.05) is 54.6 Å². The number of benzene rings is 3. The molecule has 3 aromatic carbocycles. The van der Waals surface area contributed by atoms with E-state index in [2.05, 4.69) is 4.98 Å². The normalized spacial score (nSPS) is 19.5. The minimum Gasteiger partial charge on any atom is -0.481 e. The molecule has 0 spiro atoms. The summed E-state index contributed by atoms with van der Waals surface area (Å²) in [6.45, 7) is -0.380. The van der Waals surface area contributed by atoms with Gasteiger partial charge in [0.2, 0.25) is 5.88 Å². The number of rotatable bonds is 9. The summed E-state index contributed by atoms with van der Waals surface area (Å²) in [5, 5.41) is 0. The summed E-state index contributed by atoms with van der Waals surface area (Å²) in [6, 6.07) is 26.1. The van der Waals surface area contributed by atoms with Gasteiger partial charge in [0.25, 0.3) is 0 Å². The van der Waals surface area contributed by atoms with Crippen molar-refractivity contribution in [1.82, 2.24) is 9.55 Å². The average Bonchev–Trinajstić information content (AvgIpc) is 3.36. The van der Waals surface area contributed by atoms with E-state index in [1.165, 1.54) is 19.4 Å². The van der Waals surface area contributed by atoms with Gasteiger partial charge in [0.1, 0.15) is 12.7 Å². The van der Waals surface area contributed by atoms with Crippen molar-refractivity contribution in [2.24, 2.45) is 0 Å². The van der Waals surface area contributed by atoms with E-state index in [-0.39, 0.29) is 23.6 Å². The number of hydrogen-bond donors (Lipinski definition) is 0.